The van der Waals surface area contributed by atoms with Gasteiger partial charge in [0, 0.05) is 17.1 Å². The highest BCUT2D eigenvalue weighted by Gasteiger charge is 2.14. The molecule has 0 saturated heterocycles. The van der Waals surface area contributed by atoms with Crippen molar-refractivity contribution in [3.05, 3.63) is 65.6 Å². The first-order valence-corrected chi connectivity index (χ1v) is 7.91. The minimum atomic E-state index is -0.378. The maximum absolute atomic E-state index is 13.1. The summed E-state index contributed by atoms with van der Waals surface area (Å²) < 4.78 is 14.7. The van der Waals surface area contributed by atoms with Gasteiger partial charge >= 0.3 is 0 Å². The summed E-state index contributed by atoms with van der Waals surface area (Å²) in [6.07, 6.45) is 1.54. The van der Waals surface area contributed by atoms with Gasteiger partial charge in [-0.3, -0.25) is 15.1 Å². The molecule has 0 bridgehead atoms. The number of halogens is 1. The molecule has 3 heterocycles. The van der Waals surface area contributed by atoms with Crippen molar-refractivity contribution in [3.63, 3.8) is 0 Å². The molecule has 118 valence electrons. The molecule has 0 aliphatic rings. The molecule has 0 unspecified atom stereocenters. The predicted octanol–water partition coefficient (Wildman–Crippen LogP) is 3.24. The number of aromatic nitrogens is 4. The van der Waals surface area contributed by atoms with E-state index < -0.39 is 0 Å². The van der Waals surface area contributed by atoms with Gasteiger partial charge in [0.15, 0.2) is 0 Å². The molecule has 3 aromatic heterocycles. The fourth-order valence-corrected chi connectivity index (χ4v) is 3.05. The largest absolute Gasteiger partial charge is 0.288 e. The maximum Gasteiger partial charge on any atom is 0.276 e. The standard InChI is InChI=1S/C16H10FN5OS/c17-11-6-4-10(5-7-11)13-9-24-16-20-15(21-22(13)16)19-14(23)12-3-1-2-8-18-12/h1-9H,(H,19,21,23). The highest BCUT2D eigenvalue weighted by Crippen LogP contribution is 2.26. The van der Waals surface area contributed by atoms with Crippen molar-refractivity contribution in [1.82, 2.24) is 19.6 Å². The number of hydrogen-bond donors (Lipinski definition) is 1. The molecule has 0 radical (unpaired) electrons. The lowest BCUT2D eigenvalue weighted by Gasteiger charge is -2.00. The third kappa shape index (κ3) is 2.63. The van der Waals surface area contributed by atoms with Crippen molar-refractivity contribution in [2.45, 2.75) is 0 Å². The molecule has 1 N–H and O–H groups in total. The number of anilines is 1. The summed E-state index contributed by atoms with van der Waals surface area (Å²) in [6, 6.07) is 11.2. The van der Waals surface area contributed by atoms with Gasteiger partial charge < -0.3 is 0 Å². The van der Waals surface area contributed by atoms with Crippen molar-refractivity contribution in [3.8, 4) is 11.3 Å². The van der Waals surface area contributed by atoms with Gasteiger partial charge in [-0.25, -0.2) is 8.91 Å². The average Bonchev–Trinajstić information content (AvgIpc) is 3.16. The molecule has 0 atom stereocenters. The minimum Gasteiger partial charge on any atom is -0.288 e. The summed E-state index contributed by atoms with van der Waals surface area (Å²) in [5, 5.41) is 8.81. The summed E-state index contributed by atoms with van der Waals surface area (Å²) >= 11 is 1.39. The minimum absolute atomic E-state index is 0.195. The summed E-state index contributed by atoms with van der Waals surface area (Å²) in [6.45, 7) is 0. The zero-order chi connectivity index (χ0) is 16.5. The van der Waals surface area contributed by atoms with Gasteiger partial charge in [0.1, 0.15) is 11.5 Å². The lowest BCUT2D eigenvalue weighted by Crippen LogP contribution is -2.14. The first-order valence-electron chi connectivity index (χ1n) is 7.03. The quantitative estimate of drug-likeness (QED) is 0.622. The third-order valence-electron chi connectivity index (χ3n) is 3.34. The molecule has 1 amide bonds. The summed E-state index contributed by atoms with van der Waals surface area (Å²) in [5.74, 6) is -0.481. The summed E-state index contributed by atoms with van der Waals surface area (Å²) in [5.41, 5.74) is 1.88. The van der Waals surface area contributed by atoms with Crippen LogP contribution in [0.15, 0.2) is 54.0 Å². The molecule has 1 aromatic carbocycles. The molecule has 0 aliphatic heterocycles. The number of rotatable bonds is 3. The van der Waals surface area contributed by atoms with Crippen LogP contribution in [0.1, 0.15) is 10.5 Å². The average molecular weight is 339 g/mol. The number of benzene rings is 1. The first-order chi connectivity index (χ1) is 11.7. The molecule has 24 heavy (non-hydrogen) atoms. The van der Waals surface area contributed by atoms with Crippen LogP contribution in [-0.2, 0) is 0 Å². The van der Waals surface area contributed by atoms with Crippen LogP contribution in [-0.4, -0.2) is 25.5 Å². The second kappa shape index (κ2) is 5.82. The zero-order valence-electron chi connectivity index (χ0n) is 12.2. The molecule has 0 fully saturated rings. The Morgan fingerprint density at radius 1 is 1.17 bits per heavy atom. The van der Waals surface area contributed by atoms with Gasteiger partial charge in [0.05, 0.1) is 5.69 Å². The first kappa shape index (κ1) is 14.5. The number of thiazole rings is 1. The Kier molecular flexibility index (Phi) is 3.51. The second-order valence-corrected chi connectivity index (χ2v) is 5.76. The van der Waals surface area contributed by atoms with E-state index in [2.05, 4.69) is 20.4 Å². The van der Waals surface area contributed by atoms with E-state index in [4.69, 9.17) is 0 Å². The number of fused-ring (bicyclic) bond motifs is 1. The zero-order valence-corrected chi connectivity index (χ0v) is 13.0. The second-order valence-electron chi connectivity index (χ2n) is 4.93. The number of pyridine rings is 1. The highest BCUT2D eigenvalue weighted by atomic mass is 32.1. The van der Waals surface area contributed by atoms with Crippen LogP contribution in [0.5, 0.6) is 0 Å². The van der Waals surface area contributed by atoms with Gasteiger partial charge in [-0.15, -0.1) is 16.4 Å². The van der Waals surface area contributed by atoms with Crippen LogP contribution < -0.4 is 5.32 Å². The Balaban J connectivity index is 1.65. The highest BCUT2D eigenvalue weighted by molar-refractivity contribution is 7.15. The molecule has 0 saturated carbocycles. The maximum atomic E-state index is 13.1. The third-order valence-corrected chi connectivity index (χ3v) is 4.16. The lowest BCUT2D eigenvalue weighted by atomic mass is 10.2. The van der Waals surface area contributed by atoms with Crippen LogP contribution in [0, 0.1) is 5.82 Å². The van der Waals surface area contributed by atoms with Crippen molar-refractivity contribution in [2.75, 3.05) is 5.32 Å². The van der Waals surface area contributed by atoms with Crippen LogP contribution in [0.25, 0.3) is 16.2 Å². The van der Waals surface area contributed by atoms with E-state index in [0.717, 1.165) is 11.3 Å². The van der Waals surface area contributed by atoms with Crippen LogP contribution in [0.2, 0.25) is 0 Å². The molecule has 4 rings (SSSR count). The van der Waals surface area contributed by atoms with E-state index >= 15 is 0 Å². The fourth-order valence-electron chi connectivity index (χ4n) is 2.22. The predicted molar refractivity (Wildman–Crippen MR) is 88.4 cm³/mol. The molecule has 0 spiro atoms. The summed E-state index contributed by atoms with van der Waals surface area (Å²) in [7, 11) is 0. The van der Waals surface area contributed by atoms with E-state index in [1.54, 1.807) is 41.0 Å². The van der Waals surface area contributed by atoms with Crippen molar-refractivity contribution in [1.29, 1.82) is 0 Å². The monoisotopic (exact) mass is 339 g/mol. The lowest BCUT2D eigenvalue weighted by molar-refractivity contribution is 0.102. The Hall–Kier alpha value is -3.13. The topological polar surface area (TPSA) is 72.2 Å². The normalized spacial score (nSPS) is 10.9. The van der Waals surface area contributed by atoms with Crippen molar-refractivity contribution in [2.24, 2.45) is 0 Å². The van der Waals surface area contributed by atoms with Crippen LogP contribution in [0.4, 0.5) is 10.3 Å². The van der Waals surface area contributed by atoms with Gasteiger partial charge in [0.25, 0.3) is 11.9 Å². The number of hydrogen-bond acceptors (Lipinski definition) is 5. The van der Waals surface area contributed by atoms with E-state index in [1.165, 1.54) is 23.5 Å². The van der Waals surface area contributed by atoms with Gasteiger partial charge in [-0.1, -0.05) is 6.07 Å². The van der Waals surface area contributed by atoms with E-state index in [1.807, 2.05) is 5.38 Å². The van der Waals surface area contributed by atoms with Gasteiger partial charge in [0.2, 0.25) is 4.96 Å². The molecule has 6 nitrogen and oxygen atoms in total. The Morgan fingerprint density at radius 2 is 2.00 bits per heavy atom. The Bertz CT molecular complexity index is 1010. The van der Waals surface area contributed by atoms with Gasteiger partial charge in [-0.2, -0.15) is 4.98 Å². The van der Waals surface area contributed by atoms with E-state index in [0.29, 0.717) is 4.96 Å². The van der Waals surface area contributed by atoms with E-state index in [9.17, 15) is 9.18 Å². The molecule has 8 heteroatoms. The molecular weight excluding hydrogens is 329 g/mol. The SMILES string of the molecule is O=C(Nc1nc2scc(-c3ccc(F)cc3)n2n1)c1ccccn1. The Labute approximate surface area is 139 Å². The number of nitrogens with one attached hydrogen (secondary N) is 1. The van der Waals surface area contributed by atoms with E-state index in [-0.39, 0.29) is 23.4 Å². The molecule has 0 aliphatic carbocycles. The summed E-state index contributed by atoms with van der Waals surface area (Å²) in [4.78, 5) is 21.0. The molecular formula is C16H10FN5OS. The van der Waals surface area contributed by atoms with Crippen LogP contribution >= 0.6 is 11.3 Å². The number of carbonyl (C=O) groups excluding carboxylic acids is 1. The van der Waals surface area contributed by atoms with Crippen molar-refractivity contribution >= 4 is 28.2 Å². The smallest absolute Gasteiger partial charge is 0.276 e. The van der Waals surface area contributed by atoms with Crippen LogP contribution in [0.3, 0.4) is 0 Å². The number of amides is 1. The molecule has 4 aromatic rings. The number of carbonyl (C=O) groups is 1. The van der Waals surface area contributed by atoms with Gasteiger partial charge in [-0.05, 0) is 36.4 Å². The fraction of sp³-hybridized carbons (Fsp3) is 0. The van der Waals surface area contributed by atoms with Crippen molar-refractivity contribution < 1.29 is 9.18 Å². The number of nitrogens with zero attached hydrogens (tertiary/aromatic N) is 4. The Morgan fingerprint density at radius 3 is 2.75 bits per heavy atom.